The topological polar surface area (TPSA) is 75.4 Å². The van der Waals surface area contributed by atoms with Crippen molar-refractivity contribution in [3.05, 3.63) is 23.8 Å². The average molecular weight is 311 g/mol. The van der Waals surface area contributed by atoms with E-state index in [4.69, 9.17) is 5.73 Å². The van der Waals surface area contributed by atoms with E-state index in [-0.39, 0.29) is 10.8 Å². The van der Waals surface area contributed by atoms with Gasteiger partial charge in [-0.15, -0.1) is 0 Å². The maximum atomic E-state index is 12.4. The van der Waals surface area contributed by atoms with Gasteiger partial charge in [-0.05, 0) is 50.4 Å². The van der Waals surface area contributed by atoms with Gasteiger partial charge < -0.3 is 10.6 Å². The number of hydrogen-bond donors (Lipinski definition) is 2. The highest BCUT2D eigenvalue weighted by molar-refractivity contribution is 7.89. The van der Waals surface area contributed by atoms with Crippen LogP contribution in [0.2, 0.25) is 0 Å². The summed E-state index contributed by atoms with van der Waals surface area (Å²) in [5, 5.41) is 0. The lowest BCUT2D eigenvalue weighted by Crippen LogP contribution is -2.35. The van der Waals surface area contributed by atoms with Gasteiger partial charge >= 0.3 is 0 Å². The van der Waals surface area contributed by atoms with Crippen LogP contribution in [0.3, 0.4) is 0 Å². The molecule has 1 aromatic rings. The molecule has 5 nitrogen and oxygen atoms in total. The number of hydrogen-bond acceptors (Lipinski definition) is 4. The van der Waals surface area contributed by atoms with Crippen molar-refractivity contribution in [1.82, 2.24) is 9.62 Å². The Hall–Kier alpha value is -1.11. The Kier molecular flexibility index (Phi) is 5.24. The first-order chi connectivity index (χ1) is 9.90. The summed E-state index contributed by atoms with van der Waals surface area (Å²) in [6.07, 6.45) is 2.50. The minimum absolute atomic E-state index is 0.207. The zero-order valence-corrected chi connectivity index (χ0v) is 13.6. The summed E-state index contributed by atoms with van der Waals surface area (Å²) in [6.45, 7) is 7.46. The molecule has 1 fully saturated rings. The fourth-order valence-corrected chi connectivity index (χ4v) is 4.36. The van der Waals surface area contributed by atoms with E-state index in [0.29, 0.717) is 17.8 Å². The highest BCUT2D eigenvalue weighted by atomic mass is 32.2. The number of aryl methyl sites for hydroxylation is 1. The van der Waals surface area contributed by atoms with Gasteiger partial charge in [0.25, 0.3) is 0 Å². The smallest absolute Gasteiger partial charge is 0.242 e. The molecular weight excluding hydrogens is 286 g/mol. The quantitative estimate of drug-likeness (QED) is 0.782. The molecule has 0 aliphatic carbocycles. The molecule has 6 heteroatoms. The van der Waals surface area contributed by atoms with Gasteiger partial charge in [0.1, 0.15) is 4.90 Å². The number of nitrogens with zero attached hydrogens (tertiary/aromatic N) is 1. The Balaban J connectivity index is 1.97. The molecule has 0 radical (unpaired) electrons. The number of anilines is 1. The van der Waals surface area contributed by atoms with Crippen LogP contribution in [-0.2, 0) is 10.0 Å². The first kappa shape index (κ1) is 16.3. The lowest BCUT2D eigenvalue weighted by molar-refractivity contribution is 0.288. The Labute approximate surface area is 127 Å². The third kappa shape index (κ3) is 4.18. The first-order valence-electron chi connectivity index (χ1n) is 7.47. The molecule has 1 aromatic carbocycles. The fourth-order valence-electron chi connectivity index (χ4n) is 2.84. The Morgan fingerprint density at radius 2 is 2.00 bits per heavy atom. The summed E-state index contributed by atoms with van der Waals surface area (Å²) in [4.78, 5) is 2.60. The van der Waals surface area contributed by atoms with Crippen LogP contribution >= 0.6 is 0 Å². The number of sulfonamides is 1. The minimum Gasteiger partial charge on any atom is -0.398 e. The molecule has 0 bridgehead atoms. The monoisotopic (exact) mass is 311 g/mol. The van der Waals surface area contributed by atoms with Crippen molar-refractivity contribution >= 4 is 15.7 Å². The number of nitrogens with one attached hydrogen (secondary N) is 1. The Bertz CT molecular complexity index is 560. The summed E-state index contributed by atoms with van der Waals surface area (Å²) >= 11 is 0. The fraction of sp³-hybridized carbons (Fsp3) is 0.600. The molecule has 1 aliphatic heterocycles. The van der Waals surface area contributed by atoms with Gasteiger partial charge in [-0.2, -0.15) is 0 Å². The third-order valence-corrected chi connectivity index (χ3v) is 5.54. The van der Waals surface area contributed by atoms with E-state index in [0.717, 1.165) is 19.6 Å². The van der Waals surface area contributed by atoms with Crippen molar-refractivity contribution in [1.29, 1.82) is 0 Å². The second-order valence-electron chi connectivity index (χ2n) is 5.96. The van der Waals surface area contributed by atoms with Gasteiger partial charge in [0.2, 0.25) is 10.0 Å². The molecule has 1 heterocycles. The second-order valence-corrected chi connectivity index (χ2v) is 7.66. The van der Waals surface area contributed by atoms with Crippen molar-refractivity contribution in [3.63, 3.8) is 0 Å². The predicted molar refractivity (Wildman–Crippen MR) is 85.6 cm³/mol. The zero-order valence-electron chi connectivity index (χ0n) is 12.8. The molecule has 1 atom stereocenters. The summed E-state index contributed by atoms with van der Waals surface area (Å²) in [5.74, 6) is 0.281. The van der Waals surface area contributed by atoms with Gasteiger partial charge in [0.05, 0.1) is 5.69 Å². The van der Waals surface area contributed by atoms with Crippen LogP contribution in [0.1, 0.15) is 25.3 Å². The van der Waals surface area contributed by atoms with Crippen LogP contribution in [0, 0.1) is 12.8 Å². The average Bonchev–Trinajstić information content (AvgIpc) is 2.89. The number of benzene rings is 1. The molecule has 1 aliphatic rings. The van der Waals surface area contributed by atoms with Crippen molar-refractivity contribution in [2.24, 2.45) is 5.92 Å². The molecule has 3 N–H and O–H groups in total. The van der Waals surface area contributed by atoms with Crippen molar-refractivity contribution in [2.75, 3.05) is 31.9 Å². The van der Waals surface area contributed by atoms with Crippen LogP contribution in [0.15, 0.2) is 23.1 Å². The highest BCUT2D eigenvalue weighted by Crippen LogP contribution is 2.22. The number of nitrogen functional groups attached to an aromatic ring is 1. The van der Waals surface area contributed by atoms with Crippen LogP contribution in [0.25, 0.3) is 0 Å². The summed E-state index contributed by atoms with van der Waals surface area (Å²) in [6, 6.07) is 5.15. The van der Waals surface area contributed by atoms with Crippen LogP contribution in [0.4, 0.5) is 5.69 Å². The molecule has 0 amide bonds. The predicted octanol–water partition coefficient (Wildman–Crippen LogP) is 1.59. The first-order valence-corrected chi connectivity index (χ1v) is 8.95. The lowest BCUT2D eigenvalue weighted by atomic mass is 10.2. The molecule has 0 spiro atoms. The largest absolute Gasteiger partial charge is 0.398 e. The number of nitrogens with two attached hydrogens (primary N) is 1. The Morgan fingerprint density at radius 3 is 2.62 bits per heavy atom. The standard InChI is InChI=1S/C15H25N3O2S/c1-12(11-18-8-3-4-9-18)10-17-21(19,20)15-13(2)6-5-7-14(15)16/h5-7,12,17H,3-4,8-11,16H2,1-2H3. The lowest BCUT2D eigenvalue weighted by Gasteiger charge is -2.21. The van der Waals surface area contributed by atoms with Gasteiger partial charge in [-0.1, -0.05) is 19.1 Å². The summed E-state index contributed by atoms with van der Waals surface area (Å²) in [5.41, 5.74) is 6.79. The molecule has 21 heavy (non-hydrogen) atoms. The van der Waals surface area contributed by atoms with E-state index in [9.17, 15) is 8.42 Å². The maximum absolute atomic E-state index is 12.4. The van der Waals surface area contributed by atoms with Gasteiger partial charge in [0, 0.05) is 13.1 Å². The Morgan fingerprint density at radius 1 is 1.33 bits per heavy atom. The highest BCUT2D eigenvalue weighted by Gasteiger charge is 2.21. The molecule has 0 saturated carbocycles. The summed E-state index contributed by atoms with van der Waals surface area (Å²) in [7, 11) is -3.54. The SMILES string of the molecule is Cc1cccc(N)c1S(=O)(=O)NCC(C)CN1CCCC1. The van der Waals surface area contributed by atoms with Crippen LogP contribution in [0.5, 0.6) is 0 Å². The van der Waals surface area contributed by atoms with Crippen LogP contribution < -0.4 is 10.5 Å². The molecule has 2 rings (SSSR count). The van der Waals surface area contributed by atoms with E-state index >= 15 is 0 Å². The van der Waals surface area contributed by atoms with Crippen molar-refractivity contribution in [3.8, 4) is 0 Å². The van der Waals surface area contributed by atoms with Crippen molar-refractivity contribution < 1.29 is 8.42 Å². The molecule has 0 aromatic heterocycles. The molecule has 118 valence electrons. The minimum atomic E-state index is -3.54. The van der Waals surface area contributed by atoms with E-state index < -0.39 is 10.0 Å². The third-order valence-electron chi connectivity index (χ3n) is 3.90. The van der Waals surface area contributed by atoms with E-state index in [1.54, 1.807) is 25.1 Å². The number of likely N-dealkylation sites (tertiary alicyclic amines) is 1. The normalized spacial score (nSPS) is 18.0. The maximum Gasteiger partial charge on any atom is 0.242 e. The van der Waals surface area contributed by atoms with Gasteiger partial charge in [0.15, 0.2) is 0 Å². The van der Waals surface area contributed by atoms with E-state index in [2.05, 4.69) is 16.5 Å². The molecular formula is C15H25N3O2S. The van der Waals surface area contributed by atoms with Gasteiger partial charge in [-0.25, -0.2) is 13.1 Å². The van der Waals surface area contributed by atoms with E-state index in [1.165, 1.54) is 12.8 Å². The molecule has 1 saturated heterocycles. The summed E-state index contributed by atoms with van der Waals surface area (Å²) < 4.78 is 27.5. The number of rotatable bonds is 6. The van der Waals surface area contributed by atoms with E-state index in [1.807, 2.05) is 0 Å². The van der Waals surface area contributed by atoms with Gasteiger partial charge in [-0.3, -0.25) is 0 Å². The molecule has 1 unspecified atom stereocenters. The van der Waals surface area contributed by atoms with Crippen molar-refractivity contribution in [2.45, 2.75) is 31.6 Å². The zero-order chi connectivity index (χ0) is 15.5. The van der Waals surface area contributed by atoms with Crippen LogP contribution in [-0.4, -0.2) is 39.5 Å². The second kappa shape index (κ2) is 6.77.